The minimum atomic E-state index is -0.217. The highest BCUT2D eigenvalue weighted by atomic mass is 16.1. The van der Waals surface area contributed by atoms with Gasteiger partial charge in [0.1, 0.15) is 5.78 Å². The summed E-state index contributed by atoms with van der Waals surface area (Å²) in [6.45, 7) is 6.73. The molecule has 1 N–H and O–H groups in total. The Balaban J connectivity index is 2.25. The molecule has 0 radical (unpaired) electrons. The van der Waals surface area contributed by atoms with E-state index in [4.69, 9.17) is 0 Å². The average molecular weight is 248 g/mol. The Morgan fingerprint density at radius 2 is 1.83 bits per heavy atom. The lowest BCUT2D eigenvalue weighted by Crippen LogP contribution is -2.35. The van der Waals surface area contributed by atoms with Crippen LogP contribution >= 0.6 is 0 Å². The molecule has 0 heterocycles. The van der Waals surface area contributed by atoms with E-state index >= 15 is 0 Å². The van der Waals surface area contributed by atoms with E-state index in [1.165, 1.54) is 0 Å². The summed E-state index contributed by atoms with van der Waals surface area (Å²) in [5.41, 5.74) is 4.19. The van der Waals surface area contributed by atoms with Crippen molar-refractivity contribution in [2.45, 2.75) is 33.6 Å². The summed E-state index contributed by atoms with van der Waals surface area (Å²) < 4.78 is 0. The van der Waals surface area contributed by atoms with Crippen molar-refractivity contribution in [3.05, 3.63) is 30.3 Å². The topological polar surface area (TPSA) is 32.3 Å². The van der Waals surface area contributed by atoms with E-state index in [1.54, 1.807) is 0 Å². The summed E-state index contributed by atoms with van der Waals surface area (Å²) in [5, 5.41) is 1.99. The van der Waals surface area contributed by atoms with Crippen LogP contribution < -0.4 is 10.4 Å². The fraction of sp³-hybridized carbons (Fsp3) is 0.533. The number of ketones is 1. The largest absolute Gasteiger partial charge is 0.312 e. The second-order valence-corrected chi connectivity index (χ2v) is 5.58. The normalized spacial score (nSPS) is 11.3. The fourth-order valence-electron chi connectivity index (χ4n) is 1.61. The number of hydrogen-bond acceptors (Lipinski definition) is 3. The second kappa shape index (κ2) is 6.55. The van der Waals surface area contributed by atoms with Gasteiger partial charge in [-0.2, -0.15) is 0 Å². The molecule has 18 heavy (non-hydrogen) atoms. The zero-order chi connectivity index (χ0) is 13.6. The summed E-state index contributed by atoms with van der Waals surface area (Å²) in [5.74, 6) is 0.326. The lowest BCUT2D eigenvalue weighted by Gasteiger charge is -2.21. The second-order valence-electron chi connectivity index (χ2n) is 5.58. The number of anilines is 1. The van der Waals surface area contributed by atoms with Gasteiger partial charge in [-0.3, -0.25) is 4.79 Å². The van der Waals surface area contributed by atoms with Crippen molar-refractivity contribution in [1.82, 2.24) is 5.43 Å². The minimum absolute atomic E-state index is 0.217. The van der Waals surface area contributed by atoms with Crippen molar-refractivity contribution >= 4 is 11.5 Å². The summed E-state index contributed by atoms with van der Waals surface area (Å²) in [6.07, 6.45) is 1.51. The van der Waals surface area contributed by atoms with Crippen LogP contribution in [-0.4, -0.2) is 19.4 Å². The van der Waals surface area contributed by atoms with Gasteiger partial charge in [0.25, 0.3) is 0 Å². The van der Waals surface area contributed by atoms with Gasteiger partial charge in [-0.05, 0) is 18.6 Å². The van der Waals surface area contributed by atoms with Crippen LogP contribution in [0.15, 0.2) is 30.3 Å². The van der Waals surface area contributed by atoms with Gasteiger partial charge in [-0.15, -0.1) is 0 Å². The van der Waals surface area contributed by atoms with E-state index in [2.05, 4.69) is 5.43 Å². The average Bonchev–Trinajstić information content (AvgIpc) is 2.34. The van der Waals surface area contributed by atoms with Crippen LogP contribution in [0, 0.1) is 5.41 Å². The van der Waals surface area contributed by atoms with Gasteiger partial charge >= 0.3 is 0 Å². The lowest BCUT2D eigenvalue weighted by molar-refractivity contribution is -0.126. The maximum absolute atomic E-state index is 11.7. The first-order chi connectivity index (χ1) is 8.41. The number of carbonyl (C=O) groups excluding carboxylic acids is 1. The number of hydrogen-bond donors (Lipinski definition) is 1. The molecule has 1 aromatic carbocycles. The molecule has 0 unspecified atom stereocenters. The van der Waals surface area contributed by atoms with Crippen molar-refractivity contribution in [3.63, 3.8) is 0 Å². The van der Waals surface area contributed by atoms with Gasteiger partial charge < -0.3 is 5.01 Å². The van der Waals surface area contributed by atoms with Gasteiger partial charge in [0.15, 0.2) is 0 Å². The fourth-order valence-corrected chi connectivity index (χ4v) is 1.61. The third kappa shape index (κ3) is 4.88. The molecule has 0 spiro atoms. The number of carbonyl (C=O) groups is 1. The van der Waals surface area contributed by atoms with Gasteiger partial charge in [0.2, 0.25) is 0 Å². The number of nitrogens with zero attached hydrogens (tertiary/aromatic N) is 1. The molecular weight excluding hydrogens is 224 g/mol. The predicted octanol–water partition coefficient (Wildman–Crippen LogP) is 3.02. The van der Waals surface area contributed by atoms with Crippen LogP contribution in [0.25, 0.3) is 0 Å². The molecule has 3 heteroatoms. The zero-order valence-corrected chi connectivity index (χ0v) is 11.9. The molecule has 1 rings (SSSR count). The van der Waals surface area contributed by atoms with Crippen molar-refractivity contribution in [3.8, 4) is 0 Å². The lowest BCUT2D eigenvalue weighted by atomic mass is 9.88. The Hall–Kier alpha value is -1.35. The Morgan fingerprint density at radius 1 is 1.22 bits per heavy atom. The molecule has 0 fully saturated rings. The predicted molar refractivity (Wildman–Crippen MR) is 76.5 cm³/mol. The van der Waals surface area contributed by atoms with Crippen LogP contribution in [-0.2, 0) is 4.79 Å². The van der Waals surface area contributed by atoms with Gasteiger partial charge in [0.05, 0.1) is 5.69 Å². The number of para-hydroxylation sites is 1. The monoisotopic (exact) mass is 248 g/mol. The van der Waals surface area contributed by atoms with E-state index in [1.807, 2.05) is 63.2 Å². The third-order valence-corrected chi connectivity index (χ3v) is 2.91. The summed E-state index contributed by atoms with van der Waals surface area (Å²) in [6, 6.07) is 10.1. The van der Waals surface area contributed by atoms with Crippen LogP contribution in [0.3, 0.4) is 0 Å². The number of rotatable bonds is 6. The minimum Gasteiger partial charge on any atom is -0.312 e. The maximum Gasteiger partial charge on any atom is 0.138 e. The van der Waals surface area contributed by atoms with Crippen LogP contribution in [0.4, 0.5) is 5.69 Å². The van der Waals surface area contributed by atoms with Crippen molar-refractivity contribution in [1.29, 1.82) is 0 Å². The molecule has 0 saturated carbocycles. The van der Waals surface area contributed by atoms with Gasteiger partial charge in [-0.25, -0.2) is 5.43 Å². The van der Waals surface area contributed by atoms with E-state index in [0.29, 0.717) is 12.2 Å². The number of hydrazine groups is 1. The quantitative estimate of drug-likeness (QED) is 0.620. The smallest absolute Gasteiger partial charge is 0.138 e. The highest BCUT2D eigenvalue weighted by Crippen LogP contribution is 2.17. The number of benzene rings is 1. The Bertz CT molecular complexity index is 368. The number of Topliss-reactive ketones (excluding diaryl/α,β-unsaturated/α-hetero) is 1. The third-order valence-electron chi connectivity index (χ3n) is 2.91. The molecular formula is C15H24N2O. The molecule has 3 nitrogen and oxygen atoms in total. The van der Waals surface area contributed by atoms with Gasteiger partial charge in [0, 0.05) is 25.4 Å². The van der Waals surface area contributed by atoms with Crippen LogP contribution in [0.1, 0.15) is 33.6 Å². The van der Waals surface area contributed by atoms with E-state index in [9.17, 15) is 4.79 Å². The first-order valence-electron chi connectivity index (χ1n) is 6.47. The van der Waals surface area contributed by atoms with E-state index < -0.39 is 0 Å². The standard InChI is InChI=1S/C15H24N2O/c1-15(2,3)14(18)11-8-12-16-17(4)13-9-6-5-7-10-13/h5-7,9-10,16H,8,11-12H2,1-4H3. The van der Waals surface area contributed by atoms with Gasteiger partial charge in [-0.1, -0.05) is 39.0 Å². The molecule has 0 bridgehead atoms. The zero-order valence-electron chi connectivity index (χ0n) is 11.9. The summed E-state index contributed by atoms with van der Waals surface area (Å²) >= 11 is 0. The van der Waals surface area contributed by atoms with E-state index in [-0.39, 0.29) is 5.41 Å². The van der Waals surface area contributed by atoms with Crippen LogP contribution in [0.2, 0.25) is 0 Å². The molecule has 0 amide bonds. The molecule has 0 aromatic heterocycles. The SMILES string of the molecule is CN(NCCCC(=O)C(C)(C)C)c1ccccc1. The Kier molecular flexibility index (Phi) is 5.35. The highest BCUT2D eigenvalue weighted by Gasteiger charge is 2.19. The molecule has 0 aliphatic heterocycles. The first-order valence-corrected chi connectivity index (χ1v) is 6.47. The molecule has 0 aliphatic carbocycles. The van der Waals surface area contributed by atoms with Crippen molar-refractivity contribution in [2.75, 3.05) is 18.6 Å². The summed E-state index contributed by atoms with van der Waals surface area (Å²) in [7, 11) is 1.99. The van der Waals surface area contributed by atoms with E-state index in [0.717, 1.165) is 18.7 Å². The van der Waals surface area contributed by atoms with Crippen molar-refractivity contribution in [2.24, 2.45) is 5.41 Å². The Morgan fingerprint density at radius 3 is 2.39 bits per heavy atom. The maximum atomic E-state index is 11.7. The summed E-state index contributed by atoms with van der Waals surface area (Å²) in [4.78, 5) is 11.7. The highest BCUT2D eigenvalue weighted by molar-refractivity contribution is 5.83. The van der Waals surface area contributed by atoms with Crippen molar-refractivity contribution < 1.29 is 4.79 Å². The molecule has 100 valence electrons. The first kappa shape index (κ1) is 14.7. The molecule has 0 aliphatic rings. The molecule has 0 saturated heterocycles. The molecule has 1 aromatic rings. The van der Waals surface area contributed by atoms with Crippen LogP contribution in [0.5, 0.6) is 0 Å². The number of nitrogens with one attached hydrogen (secondary N) is 1. The Labute approximate surface area is 110 Å². The molecule has 0 atom stereocenters.